The van der Waals surface area contributed by atoms with Gasteiger partial charge in [-0.3, -0.25) is 9.59 Å². The molecule has 5 heteroatoms. The molecule has 5 nitrogen and oxygen atoms in total. The summed E-state index contributed by atoms with van der Waals surface area (Å²) in [4.78, 5) is 27.9. The monoisotopic (exact) mass is 465 g/mol. The van der Waals surface area contributed by atoms with Crippen LogP contribution < -0.4 is 0 Å². The maximum absolute atomic E-state index is 13.4. The zero-order chi connectivity index (χ0) is 24.2. The van der Waals surface area contributed by atoms with Gasteiger partial charge < -0.3 is 14.8 Å². The van der Waals surface area contributed by atoms with Crippen LogP contribution in [0.1, 0.15) is 63.4 Å². The van der Waals surface area contributed by atoms with E-state index in [1.165, 1.54) is 18.4 Å². The van der Waals surface area contributed by atoms with Crippen molar-refractivity contribution in [1.82, 2.24) is 4.98 Å². The van der Waals surface area contributed by atoms with Crippen molar-refractivity contribution in [2.24, 2.45) is 41.4 Å². The molecule has 0 amide bonds. The highest BCUT2D eigenvalue weighted by Crippen LogP contribution is 2.46. The number of aliphatic carboxylic acids is 1. The van der Waals surface area contributed by atoms with Crippen LogP contribution in [0, 0.1) is 41.4 Å². The average molecular weight is 466 g/mol. The average Bonchev–Trinajstić information content (AvgIpc) is 3.53. The fourth-order valence-corrected chi connectivity index (χ4v) is 6.38. The van der Waals surface area contributed by atoms with Gasteiger partial charge in [0, 0.05) is 24.0 Å². The van der Waals surface area contributed by atoms with E-state index in [9.17, 15) is 14.7 Å². The fraction of sp³-hybridized carbons (Fsp3) is 0.586. The van der Waals surface area contributed by atoms with Crippen LogP contribution >= 0.6 is 0 Å². The van der Waals surface area contributed by atoms with Gasteiger partial charge in [0.05, 0.1) is 24.3 Å². The summed E-state index contributed by atoms with van der Waals surface area (Å²) in [5.74, 6) is 0.657. The molecule has 0 radical (unpaired) electrons. The van der Waals surface area contributed by atoms with Gasteiger partial charge in [-0.2, -0.15) is 0 Å². The molecule has 184 valence electrons. The molecule has 1 saturated carbocycles. The third-order valence-corrected chi connectivity index (χ3v) is 8.50. The molecule has 2 fully saturated rings. The van der Waals surface area contributed by atoms with Crippen molar-refractivity contribution in [1.29, 1.82) is 0 Å². The number of aromatic amines is 1. The summed E-state index contributed by atoms with van der Waals surface area (Å²) in [7, 11) is 0. The highest BCUT2D eigenvalue weighted by atomic mass is 16.5. The number of ether oxygens (including phenoxy) is 1. The number of carboxylic acid groups (broad SMARTS) is 1. The van der Waals surface area contributed by atoms with Gasteiger partial charge in [-0.15, -0.1) is 0 Å². The lowest BCUT2D eigenvalue weighted by atomic mass is 9.69. The minimum Gasteiger partial charge on any atom is -0.481 e. The number of ketones is 1. The van der Waals surface area contributed by atoms with E-state index in [4.69, 9.17) is 4.74 Å². The minimum absolute atomic E-state index is 0.0129. The molecule has 0 unspecified atom stereocenters. The lowest BCUT2D eigenvalue weighted by molar-refractivity contribution is -0.150. The first-order valence-electron chi connectivity index (χ1n) is 13.0. The van der Waals surface area contributed by atoms with Gasteiger partial charge >= 0.3 is 5.97 Å². The summed E-state index contributed by atoms with van der Waals surface area (Å²) in [6.07, 6.45) is 18.0. The number of rotatable bonds is 8. The number of carboxylic acids is 1. The smallest absolute Gasteiger partial charge is 0.308 e. The Labute approximate surface area is 203 Å². The lowest BCUT2D eigenvalue weighted by Gasteiger charge is -2.37. The highest BCUT2D eigenvalue weighted by molar-refractivity contribution is 5.97. The van der Waals surface area contributed by atoms with Gasteiger partial charge in [-0.1, -0.05) is 56.2 Å². The van der Waals surface area contributed by atoms with Gasteiger partial charge in [-0.25, -0.2) is 0 Å². The maximum atomic E-state index is 13.4. The van der Waals surface area contributed by atoms with Crippen molar-refractivity contribution >= 4 is 11.8 Å². The second-order valence-electron chi connectivity index (χ2n) is 10.5. The van der Waals surface area contributed by atoms with E-state index in [-0.39, 0.29) is 23.7 Å². The summed E-state index contributed by atoms with van der Waals surface area (Å²) >= 11 is 0. The van der Waals surface area contributed by atoms with Crippen LogP contribution in [0.4, 0.5) is 0 Å². The molecular formula is C29H39NO4. The van der Waals surface area contributed by atoms with Crippen molar-refractivity contribution in [2.75, 3.05) is 6.61 Å². The Bertz CT molecular complexity index is 943. The number of nitrogens with one attached hydrogen (secondary N) is 1. The number of aromatic nitrogens is 1. The predicted octanol–water partition coefficient (Wildman–Crippen LogP) is 6.07. The molecule has 0 aromatic carbocycles. The lowest BCUT2D eigenvalue weighted by Crippen LogP contribution is -2.39. The van der Waals surface area contributed by atoms with Crippen LogP contribution in [0.25, 0.3) is 0 Å². The minimum atomic E-state index is -0.793. The van der Waals surface area contributed by atoms with E-state index in [0.29, 0.717) is 36.0 Å². The quantitative estimate of drug-likeness (QED) is 0.277. The van der Waals surface area contributed by atoms with E-state index in [0.717, 1.165) is 19.3 Å². The van der Waals surface area contributed by atoms with E-state index >= 15 is 0 Å². The Balaban J connectivity index is 1.48. The number of allylic oxidation sites excluding steroid dienone is 5. The Morgan fingerprint density at radius 2 is 2.12 bits per heavy atom. The zero-order valence-corrected chi connectivity index (χ0v) is 20.7. The molecule has 3 aliphatic rings. The van der Waals surface area contributed by atoms with Crippen LogP contribution in [0.15, 0.2) is 54.3 Å². The number of hydrogen-bond acceptors (Lipinski definition) is 3. The molecule has 0 bridgehead atoms. The Morgan fingerprint density at radius 3 is 2.79 bits per heavy atom. The van der Waals surface area contributed by atoms with Gasteiger partial charge in [0.15, 0.2) is 5.78 Å². The second-order valence-corrected chi connectivity index (χ2v) is 10.5. The Morgan fingerprint density at radius 1 is 1.29 bits per heavy atom. The third kappa shape index (κ3) is 5.14. The fourth-order valence-electron chi connectivity index (χ4n) is 6.38. The van der Waals surface area contributed by atoms with E-state index < -0.39 is 11.9 Å². The molecule has 4 rings (SSSR count). The Hall–Kier alpha value is -2.40. The number of Topliss-reactive ketones (excluding diaryl/α,β-unsaturated/α-hetero) is 1. The van der Waals surface area contributed by atoms with Crippen molar-refractivity contribution in [3.8, 4) is 0 Å². The summed E-state index contributed by atoms with van der Waals surface area (Å²) in [5, 5.41) is 9.33. The normalized spacial score (nSPS) is 34.8. The van der Waals surface area contributed by atoms with E-state index in [2.05, 4.69) is 49.2 Å². The first kappa shape index (κ1) is 24.7. The number of fused-ring (bicyclic) bond motifs is 1. The molecule has 0 spiro atoms. The molecule has 8 atom stereocenters. The van der Waals surface area contributed by atoms with Gasteiger partial charge in [-0.05, 0) is 62.5 Å². The number of H-pyrrole nitrogens is 1. The SMILES string of the molecule is CC/C(=C\C=C\[C@@H]1C=C[C@@H]2CCC[C@@H]2[C@@H]1C(=O)c1ccc[nH]1)[C@@H]1CO[C@H]([C@@H](C)C(=O)O)C[C@@H]1C. The molecule has 2 aliphatic carbocycles. The van der Waals surface area contributed by atoms with Crippen LogP contribution in [0.5, 0.6) is 0 Å². The summed E-state index contributed by atoms with van der Waals surface area (Å²) in [5.41, 5.74) is 2.04. The van der Waals surface area contributed by atoms with Crippen molar-refractivity contribution in [3.63, 3.8) is 0 Å². The molecule has 1 aromatic heterocycles. The van der Waals surface area contributed by atoms with Gasteiger partial charge in [0.25, 0.3) is 0 Å². The molecule has 1 saturated heterocycles. The first-order valence-corrected chi connectivity index (χ1v) is 13.0. The molecule has 1 aliphatic heterocycles. The summed E-state index contributed by atoms with van der Waals surface area (Å²) < 4.78 is 6.00. The molecule has 2 heterocycles. The number of carbonyl (C=O) groups is 2. The van der Waals surface area contributed by atoms with Crippen LogP contribution in [-0.4, -0.2) is 34.6 Å². The largest absolute Gasteiger partial charge is 0.481 e. The van der Waals surface area contributed by atoms with Crippen molar-refractivity contribution in [2.45, 2.75) is 59.0 Å². The van der Waals surface area contributed by atoms with Crippen LogP contribution in [0.3, 0.4) is 0 Å². The van der Waals surface area contributed by atoms with Crippen LogP contribution in [-0.2, 0) is 9.53 Å². The second kappa shape index (κ2) is 10.9. The standard InChI is InChI=1S/C29H39NO4/c1-4-20(24-17-34-26(16-18(24)2)19(3)29(32)33)8-5-10-22-14-13-21-9-6-11-23(21)27(22)28(31)25-12-7-15-30-25/h5,7-8,10,12-15,18-19,21-24,26-27,30H,4,6,9,11,16-17H2,1-3H3,(H,32,33)/b10-5+,20-8+/t18-,19+,21-,22+,23-,24+,26-,27+/m0/s1. The van der Waals surface area contributed by atoms with E-state index in [1.807, 2.05) is 18.3 Å². The van der Waals surface area contributed by atoms with Gasteiger partial charge in [0.1, 0.15) is 0 Å². The maximum Gasteiger partial charge on any atom is 0.308 e. The molecule has 34 heavy (non-hydrogen) atoms. The predicted molar refractivity (Wildman–Crippen MR) is 133 cm³/mol. The Kier molecular flexibility index (Phi) is 7.92. The third-order valence-electron chi connectivity index (χ3n) is 8.50. The first-order chi connectivity index (χ1) is 16.4. The zero-order valence-electron chi connectivity index (χ0n) is 20.7. The van der Waals surface area contributed by atoms with Crippen molar-refractivity contribution < 1.29 is 19.4 Å². The molecule has 2 N–H and O–H groups in total. The number of hydrogen-bond donors (Lipinski definition) is 2. The van der Waals surface area contributed by atoms with Crippen molar-refractivity contribution in [3.05, 3.63) is 60.0 Å². The number of carbonyl (C=O) groups excluding carboxylic acids is 1. The van der Waals surface area contributed by atoms with Gasteiger partial charge in [0.2, 0.25) is 0 Å². The summed E-state index contributed by atoms with van der Waals surface area (Å²) in [6, 6.07) is 3.79. The topological polar surface area (TPSA) is 79.4 Å². The molecule has 1 aromatic rings. The van der Waals surface area contributed by atoms with E-state index in [1.54, 1.807) is 6.92 Å². The molecular weight excluding hydrogens is 426 g/mol. The van der Waals surface area contributed by atoms with Crippen LogP contribution in [0.2, 0.25) is 0 Å². The summed E-state index contributed by atoms with van der Waals surface area (Å²) in [6.45, 7) is 6.67. The highest BCUT2D eigenvalue weighted by Gasteiger charge is 2.42.